The Morgan fingerprint density at radius 2 is 1.50 bits per heavy atom. The van der Waals surface area contributed by atoms with Crippen molar-refractivity contribution in [3.05, 3.63) is 35.7 Å². The van der Waals surface area contributed by atoms with Crippen molar-refractivity contribution < 1.29 is 9.90 Å². The third-order valence-electron chi connectivity index (χ3n) is 12.6. The van der Waals surface area contributed by atoms with Gasteiger partial charge < -0.3 is 5.11 Å². The molecular weight excluding hydrogens is 394 g/mol. The van der Waals surface area contributed by atoms with Crippen molar-refractivity contribution in [3.8, 4) is 0 Å². The van der Waals surface area contributed by atoms with Crippen molar-refractivity contribution in [1.82, 2.24) is 4.98 Å². The summed E-state index contributed by atoms with van der Waals surface area (Å²) in [6, 6.07) is 4.00. The van der Waals surface area contributed by atoms with Crippen molar-refractivity contribution >= 4 is 11.9 Å². The SMILES string of the molecule is C[C@@]12CC[C@]3(C)[C@](C)(CC[C@]4(C)C(=O)/C(=C/c5ccncc5)C[C@@]34C)[C@@]1(C)CC[C@H](O)C2. The van der Waals surface area contributed by atoms with Gasteiger partial charge in [-0.3, -0.25) is 9.78 Å². The van der Waals surface area contributed by atoms with E-state index in [0.29, 0.717) is 5.78 Å². The smallest absolute Gasteiger partial charge is 0.165 e. The molecule has 4 aliphatic rings. The summed E-state index contributed by atoms with van der Waals surface area (Å²) in [6.45, 7) is 14.8. The predicted molar refractivity (Wildman–Crippen MR) is 129 cm³/mol. The molecule has 0 aromatic carbocycles. The van der Waals surface area contributed by atoms with Crippen LogP contribution in [0.5, 0.6) is 0 Å². The van der Waals surface area contributed by atoms with Gasteiger partial charge in [0.15, 0.2) is 5.78 Å². The Morgan fingerprint density at radius 3 is 2.19 bits per heavy atom. The number of carbonyl (C=O) groups is 1. The number of ketones is 1. The van der Waals surface area contributed by atoms with E-state index in [0.717, 1.165) is 62.5 Å². The van der Waals surface area contributed by atoms with E-state index >= 15 is 0 Å². The van der Waals surface area contributed by atoms with E-state index in [9.17, 15) is 9.90 Å². The van der Waals surface area contributed by atoms with Crippen LogP contribution in [0.25, 0.3) is 6.08 Å². The minimum Gasteiger partial charge on any atom is -0.393 e. The first-order chi connectivity index (χ1) is 14.9. The third-order valence-corrected chi connectivity index (χ3v) is 12.6. The summed E-state index contributed by atoms with van der Waals surface area (Å²) in [5, 5.41) is 10.6. The fourth-order valence-electron chi connectivity index (χ4n) is 9.50. The quantitative estimate of drug-likeness (QED) is 0.505. The number of aliphatic hydroxyl groups excluding tert-OH is 1. The fraction of sp³-hybridized carbons (Fsp3) is 0.724. The molecule has 3 nitrogen and oxygen atoms in total. The standard InChI is InChI=1S/C29H41NO2/c1-24-11-13-28(5)27(4,26(24,3)10-7-22(31)19-24)14-12-25(2)23(32)21(18-29(25,28)6)17-20-8-15-30-16-9-20/h8-9,15-17,22,31H,7,10-14,18-19H2,1-6H3/b21-17+/t22-,24-,25+,26-,27+,28+,29+/m0/s1. The maximum Gasteiger partial charge on any atom is 0.165 e. The van der Waals surface area contributed by atoms with Gasteiger partial charge in [0.2, 0.25) is 0 Å². The topological polar surface area (TPSA) is 50.2 Å². The number of hydrogen-bond acceptors (Lipinski definition) is 3. The highest BCUT2D eigenvalue weighted by Crippen LogP contribution is 2.82. The highest BCUT2D eigenvalue weighted by Gasteiger charge is 2.77. The van der Waals surface area contributed by atoms with E-state index in [1.54, 1.807) is 12.4 Å². The maximum absolute atomic E-state index is 13.9. The molecule has 1 aromatic rings. The second kappa shape index (κ2) is 6.56. The second-order valence-electron chi connectivity index (χ2n) is 13.1. The normalized spacial score (nSPS) is 51.8. The number of aromatic nitrogens is 1. The van der Waals surface area contributed by atoms with Crippen molar-refractivity contribution in [1.29, 1.82) is 0 Å². The first kappa shape index (κ1) is 22.3. The number of nitrogens with zero attached hydrogens (tertiary/aromatic N) is 1. The largest absolute Gasteiger partial charge is 0.393 e. The Kier molecular flexibility index (Phi) is 4.57. The zero-order valence-electron chi connectivity index (χ0n) is 20.9. The summed E-state index contributed by atoms with van der Waals surface area (Å²) in [5.74, 6) is 0.373. The van der Waals surface area contributed by atoms with Crippen LogP contribution in [0.2, 0.25) is 0 Å². The molecule has 0 saturated heterocycles. The first-order valence-corrected chi connectivity index (χ1v) is 12.7. The van der Waals surface area contributed by atoms with Crippen LogP contribution in [0.3, 0.4) is 0 Å². The number of carbonyl (C=O) groups excluding carboxylic acids is 1. The Hall–Kier alpha value is -1.48. The lowest BCUT2D eigenvalue weighted by atomic mass is 9.28. The van der Waals surface area contributed by atoms with Crippen molar-refractivity contribution in [2.24, 2.45) is 32.5 Å². The fourth-order valence-corrected chi connectivity index (χ4v) is 9.50. The average molecular weight is 436 g/mol. The van der Waals surface area contributed by atoms with Gasteiger partial charge in [0.05, 0.1) is 6.10 Å². The number of rotatable bonds is 1. The molecule has 1 aromatic heterocycles. The monoisotopic (exact) mass is 435 g/mol. The summed E-state index contributed by atoms with van der Waals surface area (Å²) < 4.78 is 0. The molecular formula is C29H41NO2. The zero-order valence-corrected chi connectivity index (χ0v) is 20.9. The van der Waals surface area contributed by atoms with Gasteiger partial charge in [-0.05, 0) is 108 Å². The molecule has 3 heteroatoms. The van der Waals surface area contributed by atoms with Gasteiger partial charge in [-0.2, -0.15) is 0 Å². The minimum atomic E-state index is -0.307. The Balaban J connectivity index is 1.62. The van der Waals surface area contributed by atoms with Gasteiger partial charge in [-0.15, -0.1) is 0 Å². The van der Waals surface area contributed by atoms with E-state index in [1.807, 2.05) is 12.1 Å². The molecule has 0 aliphatic heterocycles. The lowest BCUT2D eigenvalue weighted by Crippen LogP contribution is -2.70. The highest BCUT2D eigenvalue weighted by molar-refractivity contribution is 6.06. The van der Waals surface area contributed by atoms with Gasteiger partial charge in [-0.25, -0.2) is 0 Å². The molecule has 0 spiro atoms. The number of hydrogen-bond donors (Lipinski definition) is 1. The van der Waals surface area contributed by atoms with Crippen LogP contribution < -0.4 is 0 Å². The van der Waals surface area contributed by atoms with Gasteiger partial charge in [0.25, 0.3) is 0 Å². The first-order valence-electron chi connectivity index (χ1n) is 12.7. The zero-order chi connectivity index (χ0) is 23.2. The van der Waals surface area contributed by atoms with E-state index in [4.69, 9.17) is 0 Å². The van der Waals surface area contributed by atoms with Crippen LogP contribution in [0, 0.1) is 32.5 Å². The van der Waals surface area contributed by atoms with Crippen molar-refractivity contribution in [3.63, 3.8) is 0 Å². The van der Waals surface area contributed by atoms with E-state index in [1.165, 1.54) is 0 Å². The molecule has 0 unspecified atom stereocenters. The molecule has 4 aliphatic carbocycles. The second-order valence-corrected chi connectivity index (χ2v) is 13.1. The van der Waals surface area contributed by atoms with Crippen LogP contribution in [0.1, 0.15) is 98.5 Å². The van der Waals surface area contributed by atoms with Gasteiger partial charge in [-0.1, -0.05) is 41.5 Å². The van der Waals surface area contributed by atoms with Gasteiger partial charge >= 0.3 is 0 Å². The molecule has 32 heavy (non-hydrogen) atoms. The van der Waals surface area contributed by atoms with Gasteiger partial charge in [0, 0.05) is 17.8 Å². The molecule has 7 atom stereocenters. The Bertz CT molecular complexity index is 986. The number of allylic oxidation sites excluding steroid dienone is 1. The predicted octanol–water partition coefficient (Wildman–Crippen LogP) is 6.61. The molecule has 4 fully saturated rings. The van der Waals surface area contributed by atoms with Crippen LogP contribution in [-0.2, 0) is 4.79 Å². The van der Waals surface area contributed by atoms with Crippen LogP contribution in [-0.4, -0.2) is 22.0 Å². The molecule has 174 valence electrons. The minimum absolute atomic E-state index is 0.0661. The Labute approximate surface area is 194 Å². The van der Waals surface area contributed by atoms with E-state index < -0.39 is 0 Å². The summed E-state index contributed by atoms with van der Waals surface area (Å²) >= 11 is 0. The lowest BCUT2D eigenvalue weighted by molar-refractivity contribution is -0.282. The number of fused-ring (bicyclic) bond motifs is 5. The van der Waals surface area contributed by atoms with E-state index in [-0.39, 0.29) is 38.6 Å². The molecule has 4 saturated carbocycles. The van der Waals surface area contributed by atoms with E-state index in [2.05, 4.69) is 52.6 Å². The third kappa shape index (κ3) is 2.37. The lowest BCUT2D eigenvalue weighted by Gasteiger charge is -2.76. The molecule has 0 radical (unpaired) electrons. The van der Waals surface area contributed by atoms with Crippen LogP contribution >= 0.6 is 0 Å². The molecule has 0 amide bonds. The highest BCUT2D eigenvalue weighted by atomic mass is 16.3. The summed E-state index contributed by atoms with van der Waals surface area (Å²) in [5.41, 5.74) is 2.28. The van der Waals surface area contributed by atoms with Crippen molar-refractivity contribution in [2.75, 3.05) is 0 Å². The van der Waals surface area contributed by atoms with Crippen molar-refractivity contribution in [2.45, 2.75) is 99.0 Å². The molecule has 5 rings (SSSR count). The molecule has 0 bridgehead atoms. The number of aliphatic hydroxyl groups is 1. The number of Topliss-reactive ketones (excluding diaryl/α,β-unsaturated/α-hetero) is 1. The number of pyridine rings is 1. The summed E-state index contributed by atoms with van der Waals surface area (Å²) in [6.07, 6.45) is 13.8. The van der Waals surface area contributed by atoms with Crippen LogP contribution in [0.4, 0.5) is 0 Å². The van der Waals surface area contributed by atoms with Crippen LogP contribution in [0.15, 0.2) is 30.1 Å². The molecule has 1 N–H and O–H groups in total. The Morgan fingerprint density at radius 1 is 0.875 bits per heavy atom. The maximum atomic E-state index is 13.9. The average Bonchev–Trinajstić information content (AvgIpc) is 2.95. The molecule has 1 heterocycles. The van der Waals surface area contributed by atoms with Gasteiger partial charge in [0.1, 0.15) is 0 Å². The summed E-state index contributed by atoms with van der Waals surface area (Å²) in [4.78, 5) is 18.1. The summed E-state index contributed by atoms with van der Waals surface area (Å²) in [7, 11) is 0.